The first kappa shape index (κ1) is 14.4. The molecule has 0 saturated heterocycles. The zero-order valence-corrected chi connectivity index (χ0v) is 11.5. The molecule has 0 aliphatic heterocycles. The van der Waals surface area contributed by atoms with Gasteiger partial charge in [-0.15, -0.1) is 11.8 Å². The smallest absolute Gasteiger partial charge is 0.146 e. The zero-order valence-electron chi connectivity index (χ0n) is 10.7. The molecule has 3 heteroatoms. The molecule has 0 spiro atoms. The van der Waals surface area contributed by atoms with E-state index in [1.807, 2.05) is 17.8 Å². The fourth-order valence-electron chi connectivity index (χ4n) is 1.63. The summed E-state index contributed by atoms with van der Waals surface area (Å²) >= 11 is 1.85. The van der Waals surface area contributed by atoms with Crippen molar-refractivity contribution in [3.05, 3.63) is 30.1 Å². The summed E-state index contributed by atoms with van der Waals surface area (Å²) < 4.78 is 13.3. The molecule has 0 aromatic heterocycles. The lowest BCUT2D eigenvalue weighted by atomic mass is 10.2. The van der Waals surface area contributed by atoms with Crippen molar-refractivity contribution in [1.82, 2.24) is 0 Å². The first-order valence-corrected chi connectivity index (χ1v) is 7.39. The van der Waals surface area contributed by atoms with Crippen LogP contribution < -0.4 is 5.32 Å². The monoisotopic (exact) mass is 255 g/mol. The summed E-state index contributed by atoms with van der Waals surface area (Å²) in [4.78, 5) is 0. The minimum atomic E-state index is -0.174. The molecular weight excluding hydrogens is 233 g/mol. The highest BCUT2D eigenvalue weighted by atomic mass is 32.2. The van der Waals surface area contributed by atoms with E-state index in [0.717, 1.165) is 5.88 Å². The Morgan fingerprint density at radius 2 is 2.06 bits per heavy atom. The number of benzene rings is 1. The number of thioether (sulfide) groups is 1. The highest BCUT2D eigenvalue weighted by Gasteiger charge is 2.03. The lowest BCUT2D eigenvalue weighted by Gasteiger charge is -2.12. The van der Waals surface area contributed by atoms with Gasteiger partial charge >= 0.3 is 0 Å². The van der Waals surface area contributed by atoms with Crippen LogP contribution in [0.5, 0.6) is 0 Å². The molecule has 1 nitrogen and oxygen atoms in total. The molecule has 1 aromatic carbocycles. The van der Waals surface area contributed by atoms with Gasteiger partial charge in [0.1, 0.15) is 5.82 Å². The van der Waals surface area contributed by atoms with E-state index in [1.165, 1.54) is 31.7 Å². The van der Waals surface area contributed by atoms with Gasteiger partial charge in [0, 0.05) is 5.25 Å². The second-order valence-electron chi connectivity index (χ2n) is 4.27. The lowest BCUT2D eigenvalue weighted by molar-refractivity contribution is 0.631. The Morgan fingerprint density at radius 1 is 1.29 bits per heavy atom. The van der Waals surface area contributed by atoms with E-state index in [1.54, 1.807) is 12.1 Å². The van der Waals surface area contributed by atoms with Gasteiger partial charge in [0.25, 0.3) is 0 Å². The Kier molecular flexibility index (Phi) is 7.10. The molecule has 0 heterocycles. The fourth-order valence-corrected chi connectivity index (χ4v) is 2.49. The summed E-state index contributed by atoms with van der Waals surface area (Å²) in [6, 6.07) is 6.82. The number of hydrogen-bond acceptors (Lipinski definition) is 2. The Bertz CT molecular complexity index is 317. The van der Waals surface area contributed by atoms with Crippen molar-refractivity contribution in [3.63, 3.8) is 0 Å². The van der Waals surface area contributed by atoms with Gasteiger partial charge in [-0.1, -0.05) is 45.2 Å². The molecular formula is C14H22FNS. The summed E-state index contributed by atoms with van der Waals surface area (Å²) in [5, 5.41) is 3.76. The van der Waals surface area contributed by atoms with Crippen LogP contribution in [-0.4, -0.2) is 11.1 Å². The molecule has 0 radical (unpaired) electrons. The van der Waals surface area contributed by atoms with E-state index < -0.39 is 0 Å². The van der Waals surface area contributed by atoms with Crippen molar-refractivity contribution in [2.45, 2.75) is 44.8 Å². The number of halogens is 1. The van der Waals surface area contributed by atoms with Crippen molar-refractivity contribution in [2.24, 2.45) is 0 Å². The minimum absolute atomic E-state index is 0.174. The van der Waals surface area contributed by atoms with Crippen LogP contribution in [-0.2, 0) is 0 Å². The molecule has 0 saturated carbocycles. The van der Waals surface area contributed by atoms with Gasteiger partial charge in [-0.2, -0.15) is 0 Å². The molecule has 17 heavy (non-hydrogen) atoms. The van der Waals surface area contributed by atoms with Crippen LogP contribution >= 0.6 is 11.8 Å². The summed E-state index contributed by atoms with van der Waals surface area (Å²) in [6.45, 7) is 4.46. The molecule has 0 fully saturated rings. The van der Waals surface area contributed by atoms with Crippen molar-refractivity contribution in [3.8, 4) is 0 Å². The Labute approximate surface area is 108 Å². The van der Waals surface area contributed by atoms with Crippen LogP contribution in [0.4, 0.5) is 10.1 Å². The SMILES string of the molecule is CCCCC[C@H](C)SCNc1ccccc1F. The normalized spacial score (nSPS) is 12.4. The quantitative estimate of drug-likeness (QED) is 0.524. The summed E-state index contributed by atoms with van der Waals surface area (Å²) in [6.07, 6.45) is 5.12. The Morgan fingerprint density at radius 3 is 2.76 bits per heavy atom. The maximum atomic E-state index is 13.3. The Balaban J connectivity index is 2.17. The van der Waals surface area contributed by atoms with Gasteiger partial charge in [-0.05, 0) is 18.6 Å². The lowest BCUT2D eigenvalue weighted by Crippen LogP contribution is -2.05. The third-order valence-electron chi connectivity index (χ3n) is 2.72. The van der Waals surface area contributed by atoms with Crippen molar-refractivity contribution in [2.75, 3.05) is 11.2 Å². The van der Waals surface area contributed by atoms with Gasteiger partial charge in [-0.25, -0.2) is 4.39 Å². The van der Waals surface area contributed by atoms with E-state index in [2.05, 4.69) is 19.2 Å². The second-order valence-corrected chi connectivity index (χ2v) is 5.70. The zero-order chi connectivity index (χ0) is 12.5. The van der Waals surface area contributed by atoms with Gasteiger partial charge in [0.05, 0.1) is 11.6 Å². The van der Waals surface area contributed by atoms with Crippen LogP contribution in [0, 0.1) is 5.82 Å². The fraction of sp³-hybridized carbons (Fsp3) is 0.571. The largest absolute Gasteiger partial charge is 0.374 e. The third kappa shape index (κ3) is 5.97. The van der Waals surface area contributed by atoms with E-state index in [-0.39, 0.29) is 5.82 Å². The summed E-state index contributed by atoms with van der Waals surface area (Å²) in [7, 11) is 0. The molecule has 1 aromatic rings. The maximum absolute atomic E-state index is 13.3. The van der Waals surface area contributed by atoms with E-state index >= 15 is 0 Å². The van der Waals surface area contributed by atoms with Gasteiger partial charge < -0.3 is 5.32 Å². The summed E-state index contributed by atoms with van der Waals surface area (Å²) in [5.74, 6) is 0.598. The van der Waals surface area contributed by atoms with Crippen LogP contribution in [0.3, 0.4) is 0 Å². The molecule has 0 bridgehead atoms. The van der Waals surface area contributed by atoms with Crippen molar-refractivity contribution < 1.29 is 4.39 Å². The average molecular weight is 255 g/mol. The number of anilines is 1. The number of rotatable bonds is 8. The average Bonchev–Trinajstić information content (AvgIpc) is 2.32. The predicted molar refractivity (Wildman–Crippen MR) is 76.1 cm³/mol. The van der Waals surface area contributed by atoms with Crippen LogP contribution in [0.15, 0.2) is 24.3 Å². The number of unbranched alkanes of at least 4 members (excludes halogenated alkanes) is 2. The molecule has 1 rings (SSSR count). The van der Waals surface area contributed by atoms with Gasteiger partial charge in [0.15, 0.2) is 0 Å². The molecule has 0 amide bonds. The minimum Gasteiger partial charge on any atom is -0.374 e. The van der Waals surface area contributed by atoms with Crippen molar-refractivity contribution >= 4 is 17.4 Å². The molecule has 96 valence electrons. The molecule has 0 aliphatic carbocycles. The van der Waals surface area contributed by atoms with E-state index in [4.69, 9.17) is 0 Å². The molecule has 0 aliphatic rings. The van der Waals surface area contributed by atoms with Crippen LogP contribution in [0.25, 0.3) is 0 Å². The first-order chi connectivity index (χ1) is 8.24. The standard InChI is InChI=1S/C14H22FNS/c1-3-4-5-8-12(2)17-11-16-14-10-7-6-9-13(14)15/h6-7,9-10,12,16H,3-5,8,11H2,1-2H3/t12-/m0/s1. The second kappa shape index (κ2) is 8.40. The molecule has 1 atom stereocenters. The highest BCUT2D eigenvalue weighted by molar-refractivity contribution is 7.99. The third-order valence-corrected chi connectivity index (χ3v) is 3.83. The van der Waals surface area contributed by atoms with E-state index in [0.29, 0.717) is 10.9 Å². The number of hydrogen-bond donors (Lipinski definition) is 1. The topological polar surface area (TPSA) is 12.0 Å². The molecule has 0 unspecified atom stereocenters. The number of nitrogens with one attached hydrogen (secondary N) is 1. The van der Waals surface area contributed by atoms with Crippen LogP contribution in [0.2, 0.25) is 0 Å². The Hall–Kier alpha value is -0.700. The van der Waals surface area contributed by atoms with Crippen molar-refractivity contribution in [1.29, 1.82) is 0 Å². The summed E-state index contributed by atoms with van der Waals surface area (Å²) in [5.41, 5.74) is 0.598. The highest BCUT2D eigenvalue weighted by Crippen LogP contribution is 2.19. The first-order valence-electron chi connectivity index (χ1n) is 6.34. The maximum Gasteiger partial charge on any atom is 0.146 e. The number of para-hydroxylation sites is 1. The van der Waals surface area contributed by atoms with Crippen LogP contribution in [0.1, 0.15) is 39.5 Å². The molecule has 1 N–H and O–H groups in total. The predicted octanol–water partition coefficient (Wildman–Crippen LogP) is 4.90. The van der Waals surface area contributed by atoms with Gasteiger partial charge in [-0.3, -0.25) is 0 Å². The van der Waals surface area contributed by atoms with E-state index in [9.17, 15) is 4.39 Å². The van der Waals surface area contributed by atoms with Gasteiger partial charge in [0.2, 0.25) is 0 Å².